The molecular formula is C15H22N2. The van der Waals surface area contributed by atoms with Crippen LogP contribution in [-0.2, 0) is 19.4 Å². The minimum Gasteiger partial charge on any atom is -0.346 e. The third kappa shape index (κ3) is 1.95. The van der Waals surface area contributed by atoms with E-state index in [4.69, 9.17) is 0 Å². The van der Waals surface area contributed by atoms with Crippen LogP contribution < -0.4 is 5.32 Å². The monoisotopic (exact) mass is 230 g/mol. The summed E-state index contributed by atoms with van der Waals surface area (Å²) < 4.78 is 2.48. The first kappa shape index (κ1) is 11.1. The lowest BCUT2D eigenvalue weighted by Crippen LogP contribution is -2.17. The van der Waals surface area contributed by atoms with Gasteiger partial charge in [0.05, 0.1) is 0 Å². The standard InChI is InChI=1S/C15H22N2/c1-11(2)8-13-10-17-7-6-16-9-12-4-3-5-14(13)15(12)17/h4,10-11,16H,3,5-9H2,1-2H3. The average molecular weight is 230 g/mol. The molecule has 0 amide bonds. The normalized spacial score (nSPS) is 18.9. The fraction of sp³-hybridized carbons (Fsp3) is 0.600. The molecule has 2 heteroatoms. The molecule has 92 valence electrons. The Hall–Kier alpha value is -1.02. The number of nitrogens with zero attached hydrogens (tertiary/aromatic N) is 1. The van der Waals surface area contributed by atoms with Crippen molar-refractivity contribution < 1.29 is 0 Å². The molecule has 1 N–H and O–H groups in total. The van der Waals surface area contributed by atoms with Crippen LogP contribution >= 0.6 is 0 Å². The maximum Gasteiger partial charge on any atom is 0.0485 e. The number of allylic oxidation sites excluding steroid dienone is 1. The number of nitrogens with one attached hydrogen (secondary N) is 1. The molecule has 1 aromatic rings. The Morgan fingerprint density at radius 3 is 3.12 bits per heavy atom. The summed E-state index contributed by atoms with van der Waals surface area (Å²) in [5.41, 5.74) is 6.30. The average Bonchev–Trinajstić information content (AvgIpc) is 2.51. The largest absolute Gasteiger partial charge is 0.346 e. The van der Waals surface area contributed by atoms with Crippen LogP contribution in [0, 0.1) is 5.92 Å². The van der Waals surface area contributed by atoms with Gasteiger partial charge in [-0.1, -0.05) is 19.9 Å². The van der Waals surface area contributed by atoms with E-state index in [9.17, 15) is 0 Å². The first-order valence-electron chi connectivity index (χ1n) is 6.86. The van der Waals surface area contributed by atoms with Gasteiger partial charge in [-0.25, -0.2) is 0 Å². The maximum atomic E-state index is 3.51. The van der Waals surface area contributed by atoms with Crippen LogP contribution in [0.4, 0.5) is 0 Å². The second kappa shape index (κ2) is 4.34. The van der Waals surface area contributed by atoms with Crippen molar-refractivity contribution in [2.45, 2.75) is 39.7 Å². The van der Waals surface area contributed by atoms with Crippen molar-refractivity contribution in [3.05, 3.63) is 29.1 Å². The van der Waals surface area contributed by atoms with Crippen molar-refractivity contribution in [2.24, 2.45) is 5.92 Å². The zero-order chi connectivity index (χ0) is 11.8. The maximum absolute atomic E-state index is 3.51. The van der Waals surface area contributed by atoms with Crippen molar-refractivity contribution in [3.8, 4) is 0 Å². The van der Waals surface area contributed by atoms with Crippen LogP contribution in [-0.4, -0.2) is 17.7 Å². The summed E-state index contributed by atoms with van der Waals surface area (Å²) >= 11 is 0. The highest BCUT2D eigenvalue weighted by Gasteiger charge is 2.23. The molecule has 0 bridgehead atoms. The number of aromatic nitrogens is 1. The van der Waals surface area contributed by atoms with Gasteiger partial charge in [-0.05, 0) is 41.9 Å². The van der Waals surface area contributed by atoms with Crippen LogP contribution in [0.15, 0.2) is 12.3 Å². The van der Waals surface area contributed by atoms with E-state index >= 15 is 0 Å². The zero-order valence-electron chi connectivity index (χ0n) is 10.9. The van der Waals surface area contributed by atoms with Crippen LogP contribution in [0.1, 0.15) is 37.1 Å². The number of rotatable bonds is 2. The molecule has 0 aromatic carbocycles. The summed E-state index contributed by atoms with van der Waals surface area (Å²) in [6.45, 7) is 7.91. The molecular weight excluding hydrogens is 208 g/mol. The molecule has 0 spiro atoms. The van der Waals surface area contributed by atoms with E-state index in [1.54, 1.807) is 11.1 Å². The van der Waals surface area contributed by atoms with Gasteiger partial charge in [0.1, 0.15) is 0 Å². The molecule has 0 radical (unpaired) electrons. The highest BCUT2D eigenvalue weighted by Crippen LogP contribution is 2.32. The Bertz CT molecular complexity index is 452. The van der Waals surface area contributed by atoms with E-state index in [-0.39, 0.29) is 0 Å². The summed E-state index contributed by atoms with van der Waals surface area (Å²) in [6.07, 6.45) is 8.54. The van der Waals surface area contributed by atoms with Crippen LogP contribution in [0.3, 0.4) is 0 Å². The Kier molecular flexibility index (Phi) is 2.83. The Labute approximate surface area is 104 Å². The lowest BCUT2D eigenvalue weighted by molar-refractivity contribution is 0.631. The Balaban J connectivity index is 2.06. The van der Waals surface area contributed by atoms with Gasteiger partial charge >= 0.3 is 0 Å². The summed E-state index contributed by atoms with van der Waals surface area (Å²) in [5.74, 6) is 0.755. The molecule has 0 unspecified atom stereocenters. The second-order valence-corrected chi connectivity index (χ2v) is 5.72. The predicted octanol–water partition coefficient (Wildman–Crippen LogP) is 2.62. The van der Waals surface area contributed by atoms with Crippen molar-refractivity contribution in [1.29, 1.82) is 0 Å². The van der Waals surface area contributed by atoms with Gasteiger partial charge < -0.3 is 9.88 Å². The van der Waals surface area contributed by atoms with Crippen molar-refractivity contribution in [3.63, 3.8) is 0 Å². The summed E-state index contributed by atoms with van der Waals surface area (Å²) in [7, 11) is 0. The van der Waals surface area contributed by atoms with Crippen molar-refractivity contribution in [1.82, 2.24) is 9.88 Å². The minimum atomic E-state index is 0.755. The van der Waals surface area contributed by atoms with Crippen LogP contribution in [0.2, 0.25) is 0 Å². The van der Waals surface area contributed by atoms with Gasteiger partial charge in [0.15, 0.2) is 0 Å². The van der Waals surface area contributed by atoms with Crippen LogP contribution in [0.5, 0.6) is 0 Å². The summed E-state index contributed by atoms with van der Waals surface area (Å²) in [6, 6.07) is 0. The van der Waals surface area contributed by atoms with Crippen molar-refractivity contribution in [2.75, 3.05) is 13.1 Å². The molecule has 0 fully saturated rings. The SMILES string of the molecule is CC(C)Cc1cn2c3c1CCC=C3CNCC2. The van der Waals surface area contributed by atoms with Gasteiger partial charge in [0.2, 0.25) is 0 Å². The predicted molar refractivity (Wildman–Crippen MR) is 72.1 cm³/mol. The lowest BCUT2D eigenvalue weighted by atomic mass is 9.91. The fourth-order valence-corrected chi connectivity index (χ4v) is 3.17. The quantitative estimate of drug-likeness (QED) is 0.826. The van der Waals surface area contributed by atoms with Gasteiger partial charge in [-0.15, -0.1) is 0 Å². The molecule has 2 nitrogen and oxygen atoms in total. The third-order valence-corrected chi connectivity index (χ3v) is 3.83. The molecule has 2 aliphatic rings. The molecule has 0 saturated heterocycles. The van der Waals surface area contributed by atoms with E-state index in [0.717, 1.165) is 25.6 Å². The lowest BCUT2D eigenvalue weighted by Gasteiger charge is -2.16. The van der Waals surface area contributed by atoms with E-state index in [0.29, 0.717) is 0 Å². The Morgan fingerprint density at radius 1 is 1.41 bits per heavy atom. The molecule has 17 heavy (non-hydrogen) atoms. The molecule has 2 heterocycles. The fourth-order valence-electron chi connectivity index (χ4n) is 3.17. The first-order chi connectivity index (χ1) is 8.25. The zero-order valence-corrected chi connectivity index (χ0v) is 10.9. The van der Waals surface area contributed by atoms with E-state index < -0.39 is 0 Å². The molecule has 1 aliphatic heterocycles. The highest BCUT2D eigenvalue weighted by atomic mass is 15.0. The number of hydrogen-bond donors (Lipinski definition) is 1. The molecule has 0 saturated carbocycles. The molecule has 0 atom stereocenters. The first-order valence-corrected chi connectivity index (χ1v) is 6.86. The topological polar surface area (TPSA) is 17.0 Å². The molecule has 1 aliphatic carbocycles. The van der Waals surface area contributed by atoms with Gasteiger partial charge in [-0.3, -0.25) is 0 Å². The number of hydrogen-bond acceptors (Lipinski definition) is 1. The minimum absolute atomic E-state index is 0.755. The Morgan fingerprint density at radius 2 is 2.29 bits per heavy atom. The van der Waals surface area contributed by atoms with Gasteiger partial charge in [-0.2, -0.15) is 0 Å². The smallest absolute Gasteiger partial charge is 0.0485 e. The third-order valence-electron chi connectivity index (χ3n) is 3.83. The van der Waals surface area contributed by atoms with Crippen molar-refractivity contribution >= 4 is 5.57 Å². The second-order valence-electron chi connectivity index (χ2n) is 5.72. The van der Waals surface area contributed by atoms with E-state index in [1.807, 2.05) is 0 Å². The summed E-state index contributed by atoms with van der Waals surface area (Å²) in [4.78, 5) is 0. The van der Waals surface area contributed by atoms with Gasteiger partial charge in [0.25, 0.3) is 0 Å². The summed E-state index contributed by atoms with van der Waals surface area (Å²) in [5, 5.41) is 3.51. The van der Waals surface area contributed by atoms with Gasteiger partial charge in [0, 0.05) is 31.5 Å². The molecule has 1 aromatic heterocycles. The highest BCUT2D eigenvalue weighted by molar-refractivity contribution is 5.71. The van der Waals surface area contributed by atoms with E-state index in [1.165, 1.54) is 30.5 Å². The van der Waals surface area contributed by atoms with Crippen LogP contribution in [0.25, 0.3) is 5.57 Å². The molecule has 3 rings (SSSR count). The van der Waals surface area contributed by atoms with E-state index in [2.05, 4.69) is 36.0 Å².